The molecule has 2 amide bonds. The van der Waals surface area contributed by atoms with Crippen LogP contribution in [0.3, 0.4) is 0 Å². The first kappa shape index (κ1) is 14.4. The predicted octanol–water partition coefficient (Wildman–Crippen LogP) is 1.94. The van der Waals surface area contributed by atoms with Gasteiger partial charge in [0.1, 0.15) is 12.1 Å². The van der Waals surface area contributed by atoms with Gasteiger partial charge in [0, 0.05) is 6.54 Å². The normalized spacial score (nSPS) is 28.5. The van der Waals surface area contributed by atoms with E-state index in [-0.39, 0.29) is 29.8 Å². The van der Waals surface area contributed by atoms with Gasteiger partial charge in [-0.05, 0) is 24.7 Å². The zero-order valence-electron chi connectivity index (χ0n) is 12.3. The Morgan fingerprint density at radius 1 is 1.32 bits per heavy atom. The lowest BCUT2D eigenvalue weighted by Crippen LogP contribution is -2.64. The SMILES string of the molecule is CCC1NC(=O)C(C(C)C)N(CCC2CCC2)C1=O. The average Bonchev–Trinajstić information content (AvgIpc) is 2.30. The van der Waals surface area contributed by atoms with Crippen LogP contribution in [0.4, 0.5) is 0 Å². The first-order valence-corrected chi connectivity index (χ1v) is 7.65. The third kappa shape index (κ3) is 2.93. The summed E-state index contributed by atoms with van der Waals surface area (Å²) >= 11 is 0. The highest BCUT2D eigenvalue weighted by Crippen LogP contribution is 2.30. The van der Waals surface area contributed by atoms with E-state index >= 15 is 0 Å². The Morgan fingerprint density at radius 3 is 2.47 bits per heavy atom. The molecule has 0 aromatic rings. The minimum atomic E-state index is -0.316. The van der Waals surface area contributed by atoms with Crippen LogP contribution in [0.15, 0.2) is 0 Å². The van der Waals surface area contributed by atoms with Gasteiger partial charge in [-0.1, -0.05) is 40.0 Å². The van der Waals surface area contributed by atoms with Crippen molar-refractivity contribution < 1.29 is 9.59 Å². The van der Waals surface area contributed by atoms with Crippen LogP contribution < -0.4 is 5.32 Å². The second kappa shape index (κ2) is 5.93. The maximum atomic E-state index is 12.4. The summed E-state index contributed by atoms with van der Waals surface area (Å²) in [5.41, 5.74) is 0. The largest absolute Gasteiger partial charge is 0.343 e. The molecule has 1 saturated carbocycles. The Hall–Kier alpha value is -1.06. The first-order chi connectivity index (χ1) is 9.04. The van der Waals surface area contributed by atoms with Gasteiger partial charge in [0.15, 0.2) is 0 Å². The fraction of sp³-hybridized carbons (Fsp3) is 0.867. The highest BCUT2D eigenvalue weighted by molar-refractivity contribution is 5.97. The van der Waals surface area contributed by atoms with Crippen molar-refractivity contribution in [1.82, 2.24) is 10.2 Å². The molecule has 1 N–H and O–H groups in total. The number of nitrogens with zero attached hydrogens (tertiary/aromatic N) is 1. The van der Waals surface area contributed by atoms with Crippen LogP contribution in [0.1, 0.15) is 52.9 Å². The van der Waals surface area contributed by atoms with E-state index in [0.717, 1.165) is 18.9 Å². The Labute approximate surface area is 115 Å². The quantitative estimate of drug-likeness (QED) is 0.826. The van der Waals surface area contributed by atoms with Crippen molar-refractivity contribution >= 4 is 11.8 Å². The van der Waals surface area contributed by atoms with Crippen molar-refractivity contribution in [3.8, 4) is 0 Å². The number of amides is 2. The van der Waals surface area contributed by atoms with Crippen molar-refractivity contribution in [2.45, 2.75) is 65.0 Å². The molecule has 2 atom stereocenters. The number of hydrogen-bond donors (Lipinski definition) is 1. The molecule has 108 valence electrons. The lowest BCUT2D eigenvalue weighted by atomic mass is 9.82. The average molecular weight is 266 g/mol. The second-order valence-electron chi connectivity index (χ2n) is 6.28. The van der Waals surface area contributed by atoms with E-state index in [1.165, 1.54) is 19.3 Å². The molecule has 1 heterocycles. The van der Waals surface area contributed by atoms with Crippen LogP contribution >= 0.6 is 0 Å². The summed E-state index contributed by atoms with van der Waals surface area (Å²) in [5, 5.41) is 2.86. The van der Waals surface area contributed by atoms with Crippen molar-refractivity contribution in [1.29, 1.82) is 0 Å². The molecule has 0 spiro atoms. The predicted molar refractivity (Wildman–Crippen MR) is 74.5 cm³/mol. The molecule has 0 bridgehead atoms. The minimum Gasteiger partial charge on any atom is -0.343 e. The van der Waals surface area contributed by atoms with Gasteiger partial charge in [0.25, 0.3) is 0 Å². The smallest absolute Gasteiger partial charge is 0.245 e. The molecule has 0 aromatic carbocycles. The Kier molecular flexibility index (Phi) is 4.48. The fourth-order valence-corrected chi connectivity index (χ4v) is 3.09. The Morgan fingerprint density at radius 2 is 2.00 bits per heavy atom. The zero-order valence-corrected chi connectivity index (χ0v) is 12.3. The van der Waals surface area contributed by atoms with Gasteiger partial charge >= 0.3 is 0 Å². The first-order valence-electron chi connectivity index (χ1n) is 7.65. The molecule has 2 aliphatic rings. The molecule has 0 radical (unpaired) electrons. The van der Waals surface area contributed by atoms with E-state index in [1.807, 2.05) is 25.7 Å². The van der Waals surface area contributed by atoms with E-state index in [9.17, 15) is 9.59 Å². The third-order valence-corrected chi connectivity index (χ3v) is 4.54. The molecule has 19 heavy (non-hydrogen) atoms. The minimum absolute atomic E-state index is 0.0232. The Balaban J connectivity index is 2.06. The van der Waals surface area contributed by atoms with Crippen LogP contribution in [0.5, 0.6) is 0 Å². The molecule has 1 saturated heterocycles. The number of piperazine rings is 1. The van der Waals surface area contributed by atoms with E-state index < -0.39 is 0 Å². The van der Waals surface area contributed by atoms with Crippen molar-refractivity contribution in [2.24, 2.45) is 11.8 Å². The van der Waals surface area contributed by atoms with Gasteiger partial charge in [0.05, 0.1) is 0 Å². The van der Waals surface area contributed by atoms with Gasteiger partial charge in [-0.15, -0.1) is 0 Å². The molecular formula is C15H26N2O2. The maximum Gasteiger partial charge on any atom is 0.245 e. The summed E-state index contributed by atoms with van der Waals surface area (Å²) in [4.78, 5) is 26.5. The van der Waals surface area contributed by atoms with E-state index in [4.69, 9.17) is 0 Å². The molecular weight excluding hydrogens is 240 g/mol. The standard InChI is InChI=1S/C15H26N2O2/c1-4-12-15(19)17(9-8-11-6-5-7-11)13(10(2)3)14(18)16-12/h10-13H,4-9H2,1-3H3,(H,16,18). The van der Waals surface area contributed by atoms with Gasteiger partial charge in [-0.3, -0.25) is 9.59 Å². The molecule has 4 heteroatoms. The number of carbonyl (C=O) groups is 2. The summed E-state index contributed by atoms with van der Waals surface area (Å²) in [6.45, 7) is 6.72. The van der Waals surface area contributed by atoms with Gasteiger partial charge in [0.2, 0.25) is 11.8 Å². The topological polar surface area (TPSA) is 49.4 Å². The number of carbonyl (C=O) groups excluding carboxylic acids is 2. The Bertz CT molecular complexity index is 350. The lowest BCUT2D eigenvalue weighted by Gasteiger charge is -2.41. The van der Waals surface area contributed by atoms with Gasteiger partial charge in [-0.25, -0.2) is 0 Å². The number of hydrogen-bond acceptors (Lipinski definition) is 2. The molecule has 2 rings (SSSR count). The summed E-state index contributed by atoms with van der Waals surface area (Å²) in [5.74, 6) is 1.07. The van der Waals surface area contributed by atoms with Crippen LogP contribution in [0, 0.1) is 11.8 Å². The van der Waals surface area contributed by atoms with Crippen LogP contribution in [0.2, 0.25) is 0 Å². The summed E-state index contributed by atoms with van der Waals surface area (Å²) in [6, 6.07) is -0.598. The third-order valence-electron chi connectivity index (χ3n) is 4.54. The van der Waals surface area contributed by atoms with E-state index in [1.54, 1.807) is 0 Å². The van der Waals surface area contributed by atoms with Crippen LogP contribution in [-0.4, -0.2) is 35.3 Å². The maximum absolute atomic E-state index is 12.4. The van der Waals surface area contributed by atoms with Crippen molar-refractivity contribution in [2.75, 3.05) is 6.54 Å². The monoisotopic (exact) mass is 266 g/mol. The number of nitrogens with one attached hydrogen (secondary N) is 1. The number of rotatable bonds is 5. The lowest BCUT2D eigenvalue weighted by molar-refractivity contribution is -0.151. The van der Waals surface area contributed by atoms with E-state index in [2.05, 4.69) is 5.32 Å². The summed E-state index contributed by atoms with van der Waals surface area (Å²) in [7, 11) is 0. The molecule has 1 aliphatic heterocycles. The van der Waals surface area contributed by atoms with Crippen molar-refractivity contribution in [3.63, 3.8) is 0 Å². The molecule has 2 unspecified atom stereocenters. The zero-order chi connectivity index (χ0) is 14.0. The van der Waals surface area contributed by atoms with Crippen LogP contribution in [0.25, 0.3) is 0 Å². The van der Waals surface area contributed by atoms with Crippen LogP contribution in [-0.2, 0) is 9.59 Å². The second-order valence-corrected chi connectivity index (χ2v) is 6.28. The molecule has 1 aliphatic carbocycles. The van der Waals surface area contributed by atoms with Gasteiger partial charge in [-0.2, -0.15) is 0 Å². The molecule has 0 aromatic heterocycles. The van der Waals surface area contributed by atoms with Gasteiger partial charge < -0.3 is 10.2 Å². The highest BCUT2D eigenvalue weighted by atomic mass is 16.2. The van der Waals surface area contributed by atoms with Crippen molar-refractivity contribution in [3.05, 3.63) is 0 Å². The molecule has 4 nitrogen and oxygen atoms in total. The van der Waals surface area contributed by atoms with E-state index in [0.29, 0.717) is 6.42 Å². The molecule has 2 fully saturated rings. The fourth-order valence-electron chi connectivity index (χ4n) is 3.09. The summed E-state index contributed by atoms with van der Waals surface area (Å²) < 4.78 is 0. The highest BCUT2D eigenvalue weighted by Gasteiger charge is 2.41. The summed E-state index contributed by atoms with van der Waals surface area (Å²) in [6.07, 6.45) is 5.63.